The zero-order valence-corrected chi connectivity index (χ0v) is 17.3. The molecule has 2 aromatic carbocycles. The second-order valence-corrected chi connectivity index (χ2v) is 7.63. The second-order valence-electron chi connectivity index (χ2n) is 7.63. The first-order valence-corrected chi connectivity index (χ1v) is 10.3. The zero-order chi connectivity index (χ0) is 21.3. The van der Waals surface area contributed by atoms with Crippen molar-refractivity contribution in [3.8, 4) is 0 Å². The highest BCUT2D eigenvalue weighted by Gasteiger charge is 2.22. The third kappa shape index (κ3) is 6.47. The van der Waals surface area contributed by atoms with E-state index in [0.717, 1.165) is 24.1 Å². The molecule has 0 aromatic heterocycles. The minimum atomic E-state index is -0.253. The average molecular weight is 413 g/mol. The lowest BCUT2D eigenvalue weighted by Gasteiger charge is -2.33. The number of anilines is 1. The van der Waals surface area contributed by atoms with E-state index in [1.54, 1.807) is 29.0 Å². The second kappa shape index (κ2) is 10.6. The Labute approximate surface area is 177 Å². The molecule has 1 heterocycles. The van der Waals surface area contributed by atoms with Crippen LogP contribution >= 0.6 is 0 Å². The van der Waals surface area contributed by atoms with Gasteiger partial charge in [-0.05, 0) is 42.7 Å². The fourth-order valence-electron chi connectivity index (χ4n) is 3.53. The molecule has 1 aliphatic heterocycles. The van der Waals surface area contributed by atoms with Crippen molar-refractivity contribution in [1.29, 1.82) is 0 Å². The van der Waals surface area contributed by atoms with Crippen LogP contribution in [0.5, 0.6) is 0 Å². The maximum atomic E-state index is 13.0. The smallest absolute Gasteiger partial charge is 0.317 e. The zero-order valence-electron chi connectivity index (χ0n) is 17.3. The number of carbonyl (C=O) groups is 2. The maximum absolute atomic E-state index is 13.0. The van der Waals surface area contributed by atoms with Crippen LogP contribution in [0.1, 0.15) is 24.8 Å². The summed E-state index contributed by atoms with van der Waals surface area (Å²) in [6.45, 7) is 2.17. The number of benzene rings is 2. The number of amides is 3. The molecule has 1 saturated heterocycles. The van der Waals surface area contributed by atoms with Gasteiger partial charge in [-0.15, -0.1) is 0 Å². The number of nitrogens with zero attached hydrogens (tertiary/aromatic N) is 2. The SMILES string of the molecule is CN(Cc1ccccc1)C(=O)CCNC(=O)N1CCC(Nc2ccc(F)cc2)CC1. The van der Waals surface area contributed by atoms with Crippen molar-refractivity contribution in [3.05, 3.63) is 66.0 Å². The van der Waals surface area contributed by atoms with E-state index in [1.165, 1.54) is 12.1 Å². The molecule has 30 heavy (non-hydrogen) atoms. The van der Waals surface area contributed by atoms with Gasteiger partial charge in [-0.1, -0.05) is 30.3 Å². The molecule has 0 aliphatic carbocycles. The lowest BCUT2D eigenvalue weighted by Crippen LogP contribution is -2.47. The first-order valence-electron chi connectivity index (χ1n) is 10.3. The molecule has 0 saturated carbocycles. The van der Waals surface area contributed by atoms with Gasteiger partial charge in [0.15, 0.2) is 0 Å². The Morgan fingerprint density at radius 3 is 2.40 bits per heavy atom. The highest BCUT2D eigenvalue weighted by molar-refractivity contribution is 5.78. The third-order valence-electron chi connectivity index (χ3n) is 5.30. The summed E-state index contributed by atoms with van der Waals surface area (Å²) in [4.78, 5) is 28.1. The normalized spacial score (nSPS) is 14.3. The Morgan fingerprint density at radius 2 is 1.73 bits per heavy atom. The quantitative estimate of drug-likeness (QED) is 0.732. The van der Waals surface area contributed by atoms with Crippen molar-refractivity contribution in [3.63, 3.8) is 0 Å². The number of hydrogen-bond donors (Lipinski definition) is 2. The van der Waals surface area contributed by atoms with Gasteiger partial charge < -0.3 is 20.4 Å². The number of rotatable bonds is 7. The molecular formula is C23H29FN4O2. The summed E-state index contributed by atoms with van der Waals surface area (Å²) in [5, 5.41) is 6.23. The summed E-state index contributed by atoms with van der Waals surface area (Å²) < 4.78 is 13.0. The summed E-state index contributed by atoms with van der Waals surface area (Å²) in [5.41, 5.74) is 1.96. The highest BCUT2D eigenvalue weighted by atomic mass is 19.1. The van der Waals surface area contributed by atoms with E-state index in [4.69, 9.17) is 0 Å². The van der Waals surface area contributed by atoms with Crippen LogP contribution in [-0.2, 0) is 11.3 Å². The Morgan fingerprint density at radius 1 is 1.07 bits per heavy atom. The highest BCUT2D eigenvalue weighted by Crippen LogP contribution is 2.17. The molecule has 0 spiro atoms. The molecule has 3 rings (SSSR count). The van der Waals surface area contributed by atoms with Crippen molar-refractivity contribution < 1.29 is 14.0 Å². The lowest BCUT2D eigenvalue weighted by atomic mass is 10.0. The Hall–Kier alpha value is -3.09. The number of urea groups is 1. The number of nitrogens with one attached hydrogen (secondary N) is 2. The molecule has 2 aromatic rings. The largest absolute Gasteiger partial charge is 0.382 e. The van der Waals surface area contributed by atoms with Gasteiger partial charge in [-0.3, -0.25) is 4.79 Å². The predicted octanol–water partition coefficient (Wildman–Crippen LogP) is 3.46. The summed E-state index contributed by atoms with van der Waals surface area (Å²) in [6.07, 6.45) is 1.92. The van der Waals surface area contributed by atoms with E-state index in [9.17, 15) is 14.0 Å². The summed E-state index contributed by atoms with van der Waals surface area (Å²) in [6, 6.07) is 16.3. The number of halogens is 1. The van der Waals surface area contributed by atoms with E-state index in [-0.39, 0.29) is 30.2 Å². The van der Waals surface area contributed by atoms with Gasteiger partial charge in [0.2, 0.25) is 5.91 Å². The van der Waals surface area contributed by atoms with Gasteiger partial charge in [0, 0.05) is 51.4 Å². The molecule has 3 amide bonds. The van der Waals surface area contributed by atoms with Crippen LogP contribution in [0.25, 0.3) is 0 Å². The first-order chi connectivity index (χ1) is 14.5. The standard InChI is InChI=1S/C23H29FN4O2/c1-27(17-18-5-3-2-4-6-18)22(29)11-14-25-23(30)28-15-12-21(13-16-28)26-20-9-7-19(24)8-10-20/h2-10,21,26H,11-17H2,1H3,(H,25,30). The van der Waals surface area contributed by atoms with Gasteiger partial charge >= 0.3 is 6.03 Å². The van der Waals surface area contributed by atoms with Crippen LogP contribution in [0.2, 0.25) is 0 Å². The molecule has 7 heteroatoms. The van der Waals surface area contributed by atoms with Crippen molar-refractivity contribution in [1.82, 2.24) is 15.1 Å². The van der Waals surface area contributed by atoms with Crippen LogP contribution in [0, 0.1) is 5.82 Å². The van der Waals surface area contributed by atoms with E-state index in [2.05, 4.69) is 10.6 Å². The molecule has 160 valence electrons. The van der Waals surface area contributed by atoms with Crippen molar-refractivity contribution in [2.45, 2.75) is 31.8 Å². The van der Waals surface area contributed by atoms with Gasteiger partial charge in [0.25, 0.3) is 0 Å². The van der Waals surface area contributed by atoms with Crippen LogP contribution in [0.15, 0.2) is 54.6 Å². The molecule has 0 radical (unpaired) electrons. The minimum absolute atomic E-state index is 0.00126. The molecule has 2 N–H and O–H groups in total. The Kier molecular flexibility index (Phi) is 7.65. The molecule has 1 fully saturated rings. The van der Waals surface area contributed by atoms with Gasteiger partial charge in [0.05, 0.1) is 0 Å². The van der Waals surface area contributed by atoms with Gasteiger partial charge in [0.1, 0.15) is 5.82 Å². The Balaban J connectivity index is 1.33. The van der Waals surface area contributed by atoms with E-state index in [1.807, 2.05) is 30.3 Å². The third-order valence-corrected chi connectivity index (χ3v) is 5.30. The van der Waals surface area contributed by atoms with Crippen LogP contribution in [0.3, 0.4) is 0 Å². The average Bonchev–Trinajstić information content (AvgIpc) is 2.76. The van der Waals surface area contributed by atoms with Crippen LogP contribution in [-0.4, -0.2) is 54.5 Å². The minimum Gasteiger partial charge on any atom is -0.382 e. The van der Waals surface area contributed by atoms with Crippen LogP contribution in [0.4, 0.5) is 14.9 Å². The summed E-state index contributed by atoms with van der Waals surface area (Å²) in [5.74, 6) is -0.252. The number of hydrogen-bond acceptors (Lipinski definition) is 3. The topological polar surface area (TPSA) is 64.7 Å². The fraction of sp³-hybridized carbons (Fsp3) is 0.391. The van der Waals surface area contributed by atoms with Crippen LogP contribution < -0.4 is 10.6 Å². The molecule has 0 unspecified atom stereocenters. The van der Waals surface area contributed by atoms with Crippen molar-refractivity contribution >= 4 is 17.6 Å². The lowest BCUT2D eigenvalue weighted by molar-refractivity contribution is -0.130. The Bertz CT molecular complexity index is 821. The molecule has 6 nitrogen and oxygen atoms in total. The maximum Gasteiger partial charge on any atom is 0.317 e. The fourth-order valence-corrected chi connectivity index (χ4v) is 3.53. The van der Waals surface area contributed by atoms with E-state index >= 15 is 0 Å². The van der Waals surface area contributed by atoms with E-state index in [0.29, 0.717) is 26.2 Å². The number of likely N-dealkylation sites (tertiary alicyclic amines) is 1. The molecule has 0 bridgehead atoms. The first kappa shape index (κ1) is 21.6. The number of piperidine rings is 1. The van der Waals surface area contributed by atoms with Gasteiger partial charge in [-0.2, -0.15) is 0 Å². The predicted molar refractivity (Wildman–Crippen MR) is 116 cm³/mol. The molecule has 0 atom stereocenters. The summed E-state index contributed by atoms with van der Waals surface area (Å²) in [7, 11) is 1.77. The van der Waals surface area contributed by atoms with Crippen molar-refractivity contribution in [2.75, 3.05) is 32.0 Å². The molecular weight excluding hydrogens is 383 g/mol. The number of carbonyl (C=O) groups excluding carboxylic acids is 2. The van der Waals surface area contributed by atoms with Gasteiger partial charge in [-0.25, -0.2) is 9.18 Å². The van der Waals surface area contributed by atoms with E-state index < -0.39 is 0 Å². The molecule has 1 aliphatic rings. The van der Waals surface area contributed by atoms with Crippen molar-refractivity contribution in [2.24, 2.45) is 0 Å². The monoisotopic (exact) mass is 412 g/mol. The summed E-state index contributed by atoms with van der Waals surface area (Å²) >= 11 is 0.